The Bertz CT molecular complexity index is 646. The zero-order valence-corrected chi connectivity index (χ0v) is 13.2. The van der Waals surface area contributed by atoms with Crippen LogP contribution in [0.5, 0.6) is 0 Å². The lowest BCUT2D eigenvalue weighted by molar-refractivity contribution is 0.0878. The number of furan rings is 1. The Hall–Kier alpha value is -1.52. The molecule has 0 saturated heterocycles. The van der Waals surface area contributed by atoms with Crippen LogP contribution in [-0.4, -0.2) is 23.7 Å². The van der Waals surface area contributed by atoms with Gasteiger partial charge in [-0.2, -0.15) is 0 Å². The van der Waals surface area contributed by atoms with Crippen LogP contribution in [0.25, 0.3) is 11.0 Å². The highest BCUT2D eigenvalue weighted by molar-refractivity contribution is 6.34. The maximum Gasteiger partial charge on any atom is 0.287 e. The number of halogens is 1. The van der Waals surface area contributed by atoms with Crippen LogP contribution in [0.1, 0.15) is 37.7 Å². The number of carbonyl (C=O) groups is 1. The number of hydrogen-bond acceptors (Lipinski definition) is 3. The third-order valence-corrected chi connectivity index (χ3v) is 3.59. The van der Waals surface area contributed by atoms with E-state index < -0.39 is 6.10 Å². The lowest BCUT2D eigenvalue weighted by atomic mass is 9.87. The van der Waals surface area contributed by atoms with Gasteiger partial charge in [-0.05, 0) is 30.9 Å². The SMILES string of the molecule is CC(O)CC(C)(C)CNC(=O)c1cc2cccc(Cl)c2o1. The van der Waals surface area contributed by atoms with Gasteiger partial charge in [0.15, 0.2) is 11.3 Å². The summed E-state index contributed by atoms with van der Waals surface area (Å²) in [7, 11) is 0. The van der Waals surface area contributed by atoms with Crippen LogP contribution in [-0.2, 0) is 0 Å². The third-order valence-electron chi connectivity index (χ3n) is 3.30. The Morgan fingerprint density at radius 3 is 2.81 bits per heavy atom. The Balaban J connectivity index is 2.07. The van der Waals surface area contributed by atoms with Crippen LogP contribution < -0.4 is 5.32 Å². The molecule has 1 amide bonds. The fraction of sp³-hybridized carbons (Fsp3) is 0.438. The van der Waals surface area contributed by atoms with Crippen molar-refractivity contribution in [3.8, 4) is 0 Å². The van der Waals surface area contributed by atoms with E-state index in [0.717, 1.165) is 5.39 Å². The zero-order valence-electron chi connectivity index (χ0n) is 12.4. The van der Waals surface area contributed by atoms with Crippen molar-refractivity contribution >= 4 is 28.5 Å². The normalized spacial score (nSPS) is 13.4. The Morgan fingerprint density at radius 2 is 2.19 bits per heavy atom. The van der Waals surface area contributed by atoms with Crippen molar-refractivity contribution in [3.05, 3.63) is 35.0 Å². The van der Waals surface area contributed by atoms with E-state index in [0.29, 0.717) is 23.6 Å². The first-order chi connectivity index (χ1) is 9.78. The largest absolute Gasteiger partial charge is 0.449 e. The number of amides is 1. The molecule has 0 fully saturated rings. The molecule has 0 aliphatic carbocycles. The van der Waals surface area contributed by atoms with Gasteiger partial charge < -0.3 is 14.8 Å². The Kier molecular flexibility index (Phi) is 4.59. The number of para-hydroxylation sites is 1. The predicted molar refractivity (Wildman–Crippen MR) is 83.6 cm³/mol. The molecule has 1 unspecified atom stereocenters. The molecule has 21 heavy (non-hydrogen) atoms. The van der Waals surface area contributed by atoms with Crippen molar-refractivity contribution in [2.24, 2.45) is 5.41 Å². The summed E-state index contributed by atoms with van der Waals surface area (Å²) in [4.78, 5) is 12.1. The molecule has 2 N–H and O–H groups in total. The number of rotatable bonds is 5. The minimum absolute atomic E-state index is 0.187. The molecule has 2 aromatic rings. The number of aliphatic hydroxyl groups is 1. The fourth-order valence-electron chi connectivity index (χ4n) is 2.42. The van der Waals surface area contributed by atoms with Gasteiger partial charge in [-0.25, -0.2) is 0 Å². The summed E-state index contributed by atoms with van der Waals surface area (Å²) in [5.41, 5.74) is 0.334. The van der Waals surface area contributed by atoms with Crippen LogP contribution in [0.15, 0.2) is 28.7 Å². The van der Waals surface area contributed by atoms with Gasteiger partial charge in [0, 0.05) is 11.9 Å². The lowest BCUT2D eigenvalue weighted by Crippen LogP contribution is -2.35. The molecule has 1 atom stereocenters. The maximum absolute atomic E-state index is 12.1. The number of aliphatic hydroxyl groups excluding tert-OH is 1. The minimum Gasteiger partial charge on any atom is -0.449 e. The summed E-state index contributed by atoms with van der Waals surface area (Å²) in [6, 6.07) is 7.06. The molecule has 2 rings (SSSR count). The summed E-state index contributed by atoms with van der Waals surface area (Å²) >= 11 is 6.03. The molecule has 4 nitrogen and oxygen atoms in total. The number of fused-ring (bicyclic) bond motifs is 1. The van der Waals surface area contributed by atoms with Gasteiger partial charge in [0.25, 0.3) is 5.91 Å². The van der Waals surface area contributed by atoms with Crippen molar-refractivity contribution in [2.75, 3.05) is 6.54 Å². The molecular formula is C16H20ClNO3. The summed E-state index contributed by atoms with van der Waals surface area (Å²) in [5.74, 6) is -0.0353. The standard InChI is InChI=1S/C16H20ClNO3/c1-10(19)8-16(2,3)9-18-15(20)13-7-11-5-4-6-12(17)14(11)21-13/h4-7,10,19H,8-9H2,1-3H3,(H,18,20). The van der Waals surface area contributed by atoms with E-state index in [9.17, 15) is 9.90 Å². The fourth-order valence-corrected chi connectivity index (χ4v) is 2.64. The highest BCUT2D eigenvalue weighted by Gasteiger charge is 2.22. The molecule has 114 valence electrons. The molecule has 1 aromatic heterocycles. The van der Waals surface area contributed by atoms with Gasteiger partial charge >= 0.3 is 0 Å². The van der Waals surface area contributed by atoms with Crippen molar-refractivity contribution in [1.82, 2.24) is 5.32 Å². The summed E-state index contributed by atoms with van der Waals surface area (Å²) in [6.45, 7) is 6.19. The highest BCUT2D eigenvalue weighted by Crippen LogP contribution is 2.27. The quantitative estimate of drug-likeness (QED) is 0.887. The summed E-state index contributed by atoms with van der Waals surface area (Å²) < 4.78 is 5.51. The van der Waals surface area contributed by atoms with E-state index in [1.165, 1.54) is 0 Å². The molecule has 0 spiro atoms. The molecule has 0 aliphatic heterocycles. The van der Waals surface area contributed by atoms with Gasteiger partial charge in [-0.1, -0.05) is 37.6 Å². The minimum atomic E-state index is -0.401. The molecule has 0 radical (unpaired) electrons. The second-order valence-corrected chi connectivity index (χ2v) is 6.58. The molecule has 1 aromatic carbocycles. The molecule has 5 heteroatoms. The van der Waals surface area contributed by atoms with Crippen molar-refractivity contribution in [2.45, 2.75) is 33.3 Å². The zero-order chi connectivity index (χ0) is 15.6. The maximum atomic E-state index is 12.1. The topological polar surface area (TPSA) is 62.5 Å². The number of hydrogen-bond donors (Lipinski definition) is 2. The first kappa shape index (κ1) is 15.9. The second-order valence-electron chi connectivity index (χ2n) is 6.17. The Morgan fingerprint density at radius 1 is 1.48 bits per heavy atom. The highest BCUT2D eigenvalue weighted by atomic mass is 35.5. The lowest BCUT2D eigenvalue weighted by Gasteiger charge is -2.26. The van der Waals surface area contributed by atoms with Crippen LogP contribution in [0.4, 0.5) is 0 Å². The molecule has 0 aliphatic rings. The van der Waals surface area contributed by atoms with Crippen molar-refractivity contribution < 1.29 is 14.3 Å². The Labute approximate surface area is 129 Å². The predicted octanol–water partition coefficient (Wildman–Crippen LogP) is 3.61. The van der Waals surface area contributed by atoms with E-state index in [1.807, 2.05) is 26.0 Å². The van der Waals surface area contributed by atoms with Gasteiger partial charge in [-0.15, -0.1) is 0 Å². The van der Waals surface area contributed by atoms with E-state index in [4.69, 9.17) is 16.0 Å². The van der Waals surface area contributed by atoms with E-state index in [-0.39, 0.29) is 17.1 Å². The second kappa shape index (κ2) is 6.08. The monoisotopic (exact) mass is 309 g/mol. The van der Waals surface area contributed by atoms with Crippen LogP contribution in [0, 0.1) is 5.41 Å². The first-order valence-electron chi connectivity index (χ1n) is 6.93. The molecule has 1 heterocycles. The average Bonchev–Trinajstić information content (AvgIpc) is 2.80. The smallest absolute Gasteiger partial charge is 0.287 e. The van der Waals surface area contributed by atoms with E-state index in [1.54, 1.807) is 19.1 Å². The van der Waals surface area contributed by atoms with Crippen molar-refractivity contribution in [1.29, 1.82) is 0 Å². The average molecular weight is 310 g/mol. The summed E-state index contributed by atoms with van der Waals surface area (Å²) in [5, 5.41) is 13.6. The first-order valence-corrected chi connectivity index (χ1v) is 7.31. The van der Waals surface area contributed by atoms with E-state index in [2.05, 4.69) is 5.32 Å². The van der Waals surface area contributed by atoms with Gasteiger partial charge in [0.2, 0.25) is 0 Å². The molecule has 0 bridgehead atoms. The van der Waals surface area contributed by atoms with Crippen LogP contribution >= 0.6 is 11.6 Å². The number of benzene rings is 1. The number of nitrogens with one attached hydrogen (secondary N) is 1. The van der Waals surface area contributed by atoms with E-state index >= 15 is 0 Å². The third kappa shape index (κ3) is 3.99. The van der Waals surface area contributed by atoms with Gasteiger partial charge in [0.05, 0.1) is 11.1 Å². The number of carbonyl (C=O) groups excluding carboxylic acids is 1. The van der Waals surface area contributed by atoms with Crippen LogP contribution in [0.2, 0.25) is 5.02 Å². The van der Waals surface area contributed by atoms with Crippen LogP contribution in [0.3, 0.4) is 0 Å². The molecular weight excluding hydrogens is 290 g/mol. The summed E-state index contributed by atoms with van der Waals surface area (Å²) in [6.07, 6.45) is 0.209. The van der Waals surface area contributed by atoms with Gasteiger partial charge in [0.1, 0.15) is 0 Å². The van der Waals surface area contributed by atoms with Gasteiger partial charge in [-0.3, -0.25) is 4.79 Å². The van der Waals surface area contributed by atoms with Crippen molar-refractivity contribution in [3.63, 3.8) is 0 Å². The molecule has 0 saturated carbocycles.